The van der Waals surface area contributed by atoms with E-state index in [1.54, 1.807) is 12.1 Å². The maximum atomic E-state index is 12.9. The van der Waals surface area contributed by atoms with E-state index in [1.165, 1.54) is 11.1 Å². The van der Waals surface area contributed by atoms with Crippen LogP contribution in [0.5, 0.6) is 11.5 Å². The molecular formula is C38H48F5NO3S. The Morgan fingerprint density at radius 3 is 1.88 bits per heavy atom. The highest BCUT2D eigenvalue weighted by Gasteiger charge is 2.56. The van der Waals surface area contributed by atoms with E-state index in [9.17, 15) is 31.6 Å². The van der Waals surface area contributed by atoms with Gasteiger partial charge in [0, 0.05) is 13.0 Å². The van der Waals surface area contributed by atoms with Crippen molar-refractivity contribution >= 4 is 22.3 Å². The SMILES string of the molecule is CC/C(=C(\c1ccc(O)cc1)c1ccc(OCCNCCCCCCCCC[S+]([O-])CCCC(F)(F)C(F)(F)F)cc1)c1ccccc1. The number of phenols is 1. The minimum atomic E-state index is -5.55. The Kier molecular flexibility index (Phi) is 16.8. The summed E-state index contributed by atoms with van der Waals surface area (Å²) in [7, 11) is 0. The zero-order valence-electron chi connectivity index (χ0n) is 27.7. The third kappa shape index (κ3) is 13.4. The van der Waals surface area contributed by atoms with Crippen molar-refractivity contribution in [2.75, 3.05) is 31.2 Å². The van der Waals surface area contributed by atoms with Gasteiger partial charge in [0.2, 0.25) is 0 Å². The highest BCUT2D eigenvalue weighted by Crippen LogP contribution is 2.39. The Balaban J connectivity index is 1.28. The largest absolute Gasteiger partial charge is 0.616 e. The number of aromatic hydroxyl groups is 1. The highest BCUT2D eigenvalue weighted by molar-refractivity contribution is 7.91. The summed E-state index contributed by atoms with van der Waals surface area (Å²) in [4.78, 5) is 0. The molecule has 0 aliphatic rings. The van der Waals surface area contributed by atoms with Crippen molar-refractivity contribution in [3.05, 3.63) is 95.6 Å². The summed E-state index contributed by atoms with van der Waals surface area (Å²) >= 11 is -1.36. The molecule has 0 saturated carbocycles. The van der Waals surface area contributed by atoms with Crippen molar-refractivity contribution in [2.24, 2.45) is 0 Å². The van der Waals surface area contributed by atoms with E-state index >= 15 is 0 Å². The fourth-order valence-electron chi connectivity index (χ4n) is 5.49. The molecule has 0 saturated heterocycles. The van der Waals surface area contributed by atoms with E-state index < -0.39 is 36.1 Å². The van der Waals surface area contributed by atoms with Crippen molar-refractivity contribution in [3.63, 3.8) is 0 Å². The van der Waals surface area contributed by atoms with E-state index in [-0.39, 0.29) is 11.5 Å². The monoisotopic (exact) mass is 693 g/mol. The van der Waals surface area contributed by atoms with Gasteiger partial charge in [0.15, 0.2) is 0 Å². The van der Waals surface area contributed by atoms with Gasteiger partial charge in [-0.1, -0.05) is 98.4 Å². The fourth-order valence-corrected chi connectivity index (χ4v) is 6.68. The number of halogens is 5. The Labute approximate surface area is 285 Å². The maximum Gasteiger partial charge on any atom is 0.453 e. The Morgan fingerprint density at radius 2 is 1.27 bits per heavy atom. The molecule has 0 bridgehead atoms. The van der Waals surface area contributed by atoms with Crippen LogP contribution in [0.2, 0.25) is 0 Å². The molecule has 10 heteroatoms. The summed E-state index contributed by atoms with van der Waals surface area (Å²) in [5, 5.41) is 13.3. The minimum absolute atomic E-state index is 0.120. The third-order valence-corrected chi connectivity index (χ3v) is 9.62. The molecule has 3 aromatic rings. The van der Waals surface area contributed by atoms with E-state index in [0.29, 0.717) is 18.8 Å². The number of hydrogen-bond acceptors (Lipinski definition) is 4. The van der Waals surface area contributed by atoms with Crippen LogP contribution in [-0.4, -0.2) is 53.0 Å². The lowest BCUT2D eigenvalue weighted by atomic mass is 9.88. The molecule has 48 heavy (non-hydrogen) atoms. The van der Waals surface area contributed by atoms with Crippen LogP contribution in [0.4, 0.5) is 22.0 Å². The number of nitrogens with one attached hydrogen (secondary N) is 1. The predicted molar refractivity (Wildman–Crippen MR) is 186 cm³/mol. The molecule has 3 rings (SSSR count). The summed E-state index contributed by atoms with van der Waals surface area (Å²) in [5.74, 6) is -3.45. The van der Waals surface area contributed by atoms with E-state index in [0.717, 1.165) is 80.5 Å². The standard InChI is InChI=1S/C38H48F5NO3S/c1-2-35(30-14-9-8-10-15-30)36(31-16-20-33(45)21-17-31)32-18-22-34(23-19-32)47-27-26-44-25-11-6-4-3-5-7-12-28-48(46)29-13-24-37(39,40)38(41,42)43/h8-10,14-23,44-45H,2-7,11-13,24-29H2,1H3/b36-35-. The topological polar surface area (TPSA) is 64.5 Å². The summed E-state index contributed by atoms with van der Waals surface area (Å²) in [6, 6.07) is 25.8. The highest BCUT2D eigenvalue weighted by atomic mass is 32.2. The fraction of sp³-hybridized carbons (Fsp3) is 0.474. The number of alkyl halides is 5. The third-order valence-electron chi connectivity index (χ3n) is 8.13. The Bertz CT molecular complexity index is 1350. The van der Waals surface area contributed by atoms with Crippen molar-refractivity contribution < 1.29 is 36.3 Å². The molecule has 0 aliphatic heterocycles. The van der Waals surface area contributed by atoms with Gasteiger partial charge >= 0.3 is 12.1 Å². The first kappa shape index (κ1) is 39.4. The normalized spacial score (nSPS) is 13.3. The first-order chi connectivity index (χ1) is 23.0. The van der Waals surface area contributed by atoms with Gasteiger partial charge in [-0.25, -0.2) is 0 Å². The summed E-state index contributed by atoms with van der Waals surface area (Å²) in [6.45, 7) is 4.34. The first-order valence-corrected chi connectivity index (χ1v) is 18.3. The van der Waals surface area contributed by atoms with Crippen molar-refractivity contribution in [3.8, 4) is 11.5 Å². The number of ether oxygens (including phenoxy) is 1. The number of phenolic OH excluding ortho intramolecular Hbond substituents is 1. The summed E-state index contributed by atoms with van der Waals surface area (Å²) < 4.78 is 80.2. The van der Waals surface area contributed by atoms with Gasteiger partial charge in [0.1, 0.15) is 29.6 Å². The van der Waals surface area contributed by atoms with E-state index in [4.69, 9.17) is 4.74 Å². The molecule has 0 fully saturated rings. The van der Waals surface area contributed by atoms with Crippen LogP contribution in [0.25, 0.3) is 11.1 Å². The Morgan fingerprint density at radius 1 is 0.708 bits per heavy atom. The van der Waals surface area contributed by atoms with E-state index in [1.807, 2.05) is 42.5 Å². The van der Waals surface area contributed by atoms with Crippen LogP contribution in [0.15, 0.2) is 78.9 Å². The number of allylic oxidation sites excluding steroid dienone is 1. The average molecular weight is 694 g/mol. The maximum absolute atomic E-state index is 12.9. The second kappa shape index (κ2) is 20.4. The van der Waals surface area contributed by atoms with Gasteiger partial charge in [0.25, 0.3) is 0 Å². The second-order valence-corrected chi connectivity index (χ2v) is 13.6. The number of hydrogen-bond donors (Lipinski definition) is 2. The molecule has 2 N–H and O–H groups in total. The molecule has 0 heterocycles. The smallest absolute Gasteiger partial charge is 0.453 e. The van der Waals surface area contributed by atoms with Crippen LogP contribution in [0, 0.1) is 0 Å². The van der Waals surface area contributed by atoms with Crippen LogP contribution >= 0.6 is 0 Å². The van der Waals surface area contributed by atoms with Crippen molar-refractivity contribution in [1.29, 1.82) is 0 Å². The molecule has 0 aliphatic carbocycles. The molecule has 4 nitrogen and oxygen atoms in total. The van der Waals surface area contributed by atoms with Crippen molar-refractivity contribution in [2.45, 2.75) is 83.2 Å². The van der Waals surface area contributed by atoms with E-state index in [2.05, 4.69) is 36.5 Å². The summed E-state index contributed by atoms with van der Waals surface area (Å²) in [6.07, 6.45) is 0.437. The lowest BCUT2D eigenvalue weighted by Crippen LogP contribution is -2.36. The molecule has 0 spiro atoms. The van der Waals surface area contributed by atoms with Crippen molar-refractivity contribution in [1.82, 2.24) is 5.32 Å². The molecule has 3 aromatic carbocycles. The van der Waals surface area contributed by atoms with Gasteiger partial charge < -0.3 is 19.7 Å². The molecular weight excluding hydrogens is 645 g/mol. The first-order valence-electron chi connectivity index (χ1n) is 16.8. The minimum Gasteiger partial charge on any atom is -0.616 e. The van der Waals surface area contributed by atoms with Crippen LogP contribution in [-0.2, 0) is 11.2 Å². The van der Waals surface area contributed by atoms with Gasteiger partial charge in [-0.05, 0) is 90.8 Å². The molecule has 0 amide bonds. The average Bonchev–Trinajstić information content (AvgIpc) is 3.06. The molecule has 1 unspecified atom stereocenters. The lowest BCUT2D eigenvalue weighted by molar-refractivity contribution is -0.284. The molecule has 0 radical (unpaired) electrons. The van der Waals surface area contributed by atoms with Crippen LogP contribution < -0.4 is 10.1 Å². The zero-order valence-corrected chi connectivity index (χ0v) is 28.5. The zero-order chi connectivity index (χ0) is 34.8. The quantitative estimate of drug-likeness (QED) is 0.0476. The molecule has 0 aromatic heterocycles. The lowest BCUT2D eigenvalue weighted by Gasteiger charge is -2.19. The Hall–Kier alpha value is -3.08. The van der Waals surface area contributed by atoms with Gasteiger partial charge in [-0.15, -0.1) is 0 Å². The summed E-state index contributed by atoms with van der Waals surface area (Å²) in [5.41, 5.74) is 5.64. The van der Waals surface area contributed by atoms with Crippen LogP contribution in [0.1, 0.15) is 87.8 Å². The van der Waals surface area contributed by atoms with Gasteiger partial charge in [-0.2, -0.15) is 22.0 Å². The van der Waals surface area contributed by atoms with Gasteiger partial charge in [0.05, 0.1) is 0 Å². The molecule has 264 valence electrons. The second-order valence-electron chi connectivity index (χ2n) is 11.9. The van der Waals surface area contributed by atoms with Gasteiger partial charge in [-0.3, -0.25) is 0 Å². The van der Waals surface area contributed by atoms with Crippen LogP contribution in [0.3, 0.4) is 0 Å². The number of rotatable bonds is 22. The molecule has 1 atom stereocenters. The number of unbranched alkanes of at least 4 members (excludes halogenated alkanes) is 6. The predicted octanol–water partition coefficient (Wildman–Crippen LogP) is 10.2. The number of benzene rings is 3.